The molecule has 0 spiro atoms. The molecule has 3 aromatic carbocycles. The van der Waals surface area contributed by atoms with Crippen molar-refractivity contribution in [1.29, 1.82) is 0 Å². The molecule has 0 radical (unpaired) electrons. The van der Waals surface area contributed by atoms with Gasteiger partial charge in [-0.2, -0.15) is 0 Å². The lowest BCUT2D eigenvalue weighted by Gasteiger charge is -2.16. The van der Waals surface area contributed by atoms with Crippen molar-refractivity contribution >= 4 is 44.7 Å². The second kappa shape index (κ2) is 14.0. The number of benzene rings is 3. The fourth-order valence-electron chi connectivity index (χ4n) is 4.60. The normalized spacial score (nSPS) is 13.7. The summed E-state index contributed by atoms with van der Waals surface area (Å²) in [6, 6.07) is 25.3. The van der Waals surface area contributed by atoms with Crippen LogP contribution < -0.4 is 21.1 Å². The number of para-hydroxylation sites is 1. The predicted molar refractivity (Wildman–Crippen MR) is 177 cm³/mol. The van der Waals surface area contributed by atoms with Gasteiger partial charge in [0, 0.05) is 47.7 Å². The maximum atomic E-state index is 15.1. The predicted octanol–water partition coefficient (Wildman–Crippen LogP) is 7.54. The van der Waals surface area contributed by atoms with Crippen molar-refractivity contribution in [2.75, 3.05) is 24.4 Å². The number of hydrogen-bond donors (Lipinski definition) is 3. The molecule has 8 nitrogen and oxygen atoms in total. The van der Waals surface area contributed by atoms with Crippen LogP contribution in [0.1, 0.15) is 25.3 Å². The number of methoxy groups -OCH3 is 1. The van der Waals surface area contributed by atoms with Gasteiger partial charge in [-0.15, -0.1) is 11.3 Å². The zero-order valence-electron chi connectivity index (χ0n) is 25.3. The average molecular weight is 627 g/mol. The maximum Gasteiger partial charge on any atom is 0.240 e. The first-order valence-corrected chi connectivity index (χ1v) is 15.4. The average Bonchev–Trinajstić information content (AvgIpc) is 3.73. The third kappa shape index (κ3) is 7.72. The first-order valence-electron chi connectivity index (χ1n) is 14.5. The fraction of sp³-hybridized carbons (Fsp3) is 0.229. The van der Waals surface area contributed by atoms with Crippen molar-refractivity contribution in [2.24, 2.45) is 11.1 Å². The summed E-state index contributed by atoms with van der Waals surface area (Å²) in [5.41, 5.74) is 8.02. The minimum Gasteiger partial charge on any atom is -0.453 e. The monoisotopic (exact) mass is 626 g/mol. The molecule has 0 saturated heterocycles. The zero-order valence-corrected chi connectivity index (χ0v) is 26.1. The van der Waals surface area contributed by atoms with E-state index in [1.807, 2.05) is 26.0 Å². The number of rotatable bonds is 9. The molecule has 1 aliphatic rings. The number of nitrogens with zero attached hydrogens (tertiary/aromatic N) is 1. The van der Waals surface area contributed by atoms with Gasteiger partial charge in [0.05, 0.1) is 16.8 Å². The number of nitrogens with one attached hydrogen (secondary N) is 2. The quantitative estimate of drug-likeness (QED) is 0.146. The van der Waals surface area contributed by atoms with Crippen molar-refractivity contribution in [3.8, 4) is 21.9 Å². The van der Waals surface area contributed by atoms with Crippen LogP contribution >= 0.6 is 11.3 Å². The van der Waals surface area contributed by atoms with Gasteiger partial charge in [0.25, 0.3) is 0 Å². The Morgan fingerprint density at radius 2 is 1.64 bits per heavy atom. The SMILES string of the molecule is COC[C@H](C)N.Cc1ccc(-c2cc3nccc(Oc4ccc(NC(=O)C5(C(=O)Nc6ccccc6)CC5)cc4F)c3s2)cc1. The van der Waals surface area contributed by atoms with Gasteiger partial charge in [-0.1, -0.05) is 48.0 Å². The highest BCUT2D eigenvalue weighted by Crippen LogP contribution is 2.47. The fourth-order valence-corrected chi connectivity index (χ4v) is 5.67. The number of amides is 2. The van der Waals surface area contributed by atoms with Crippen molar-refractivity contribution in [3.63, 3.8) is 0 Å². The van der Waals surface area contributed by atoms with Crippen molar-refractivity contribution < 1.29 is 23.5 Å². The van der Waals surface area contributed by atoms with E-state index < -0.39 is 17.1 Å². The molecule has 232 valence electrons. The largest absolute Gasteiger partial charge is 0.453 e. The Morgan fingerprint density at radius 1 is 0.956 bits per heavy atom. The van der Waals surface area contributed by atoms with Crippen LogP contribution in [0.2, 0.25) is 0 Å². The number of carbonyl (C=O) groups is 2. The maximum absolute atomic E-state index is 15.1. The third-order valence-corrected chi connectivity index (χ3v) is 8.39. The highest BCUT2D eigenvalue weighted by molar-refractivity contribution is 7.22. The Balaban J connectivity index is 0.000000609. The molecule has 4 N–H and O–H groups in total. The Kier molecular flexibility index (Phi) is 9.87. The second-order valence-electron chi connectivity index (χ2n) is 11.0. The van der Waals surface area contributed by atoms with Crippen LogP contribution in [0.3, 0.4) is 0 Å². The number of ether oxygens (including phenoxy) is 2. The van der Waals surface area contributed by atoms with Gasteiger partial charge in [-0.05, 0) is 62.6 Å². The molecule has 0 unspecified atom stereocenters. The molecule has 0 bridgehead atoms. The van der Waals surface area contributed by atoms with Crippen molar-refractivity contribution in [3.05, 3.63) is 103 Å². The minimum atomic E-state index is -1.15. The topological polar surface area (TPSA) is 116 Å². The molecule has 0 aliphatic heterocycles. The van der Waals surface area contributed by atoms with Gasteiger partial charge < -0.3 is 25.8 Å². The smallest absolute Gasteiger partial charge is 0.240 e. The number of hydrogen-bond acceptors (Lipinski definition) is 7. The summed E-state index contributed by atoms with van der Waals surface area (Å²) < 4.78 is 26.5. The molecule has 2 aromatic heterocycles. The molecule has 2 amide bonds. The Bertz CT molecular complexity index is 1790. The third-order valence-electron chi connectivity index (χ3n) is 7.20. The molecular weight excluding hydrogens is 591 g/mol. The Hall–Kier alpha value is -4.64. The molecule has 1 fully saturated rings. The number of thiophene rings is 1. The summed E-state index contributed by atoms with van der Waals surface area (Å²) in [6.45, 7) is 4.60. The number of aryl methyl sites for hydroxylation is 1. The minimum absolute atomic E-state index is 0.0220. The van der Waals surface area contributed by atoms with E-state index in [0.29, 0.717) is 30.9 Å². The second-order valence-corrected chi connectivity index (χ2v) is 12.1. The Morgan fingerprint density at radius 3 is 2.24 bits per heavy atom. The summed E-state index contributed by atoms with van der Waals surface area (Å²) in [7, 11) is 1.64. The van der Waals surface area contributed by atoms with Gasteiger partial charge in [0.15, 0.2) is 11.6 Å². The lowest BCUT2D eigenvalue weighted by Crippen LogP contribution is -2.35. The van der Waals surface area contributed by atoms with Crippen molar-refractivity contribution in [2.45, 2.75) is 32.7 Å². The van der Waals surface area contributed by atoms with E-state index >= 15 is 4.39 Å². The molecule has 10 heteroatoms. The van der Waals surface area contributed by atoms with Crippen LogP contribution in [0.5, 0.6) is 11.5 Å². The number of carbonyl (C=O) groups excluding carboxylic acids is 2. The van der Waals surface area contributed by atoms with Gasteiger partial charge in [0.2, 0.25) is 11.8 Å². The Labute approximate surface area is 265 Å². The number of anilines is 2. The molecule has 2 heterocycles. The summed E-state index contributed by atoms with van der Waals surface area (Å²) in [4.78, 5) is 31.2. The van der Waals surface area contributed by atoms with Crippen LogP contribution in [0, 0.1) is 18.2 Å². The molecular formula is C35H35FN4O4S. The van der Waals surface area contributed by atoms with E-state index in [1.54, 1.807) is 49.7 Å². The molecule has 1 atom stereocenters. The number of halogens is 1. The first-order chi connectivity index (χ1) is 21.7. The summed E-state index contributed by atoms with van der Waals surface area (Å²) >= 11 is 1.53. The van der Waals surface area contributed by atoms with Gasteiger partial charge in [-0.25, -0.2) is 4.39 Å². The molecule has 45 heavy (non-hydrogen) atoms. The van der Waals surface area contributed by atoms with Crippen LogP contribution in [-0.2, 0) is 14.3 Å². The van der Waals surface area contributed by atoms with Gasteiger partial charge in [0.1, 0.15) is 11.2 Å². The van der Waals surface area contributed by atoms with Crippen LogP contribution in [0.4, 0.5) is 15.8 Å². The van der Waals surface area contributed by atoms with E-state index in [9.17, 15) is 9.59 Å². The van der Waals surface area contributed by atoms with E-state index in [2.05, 4.69) is 44.6 Å². The molecule has 1 aliphatic carbocycles. The van der Waals surface area contributed by atoms with Gasteiger partial charge >= 0.3 is 0 Å². The molecule has 6 rings (SSSR count). The highest BCUT2D eigenvalue weighted by atomic mass is 32.1. The van der Waals surface area contributed by atoms with Crippen LogP contribution in [-0.4, -0.2) is 36.6 Å². The van der Waals surface area contributed by atoms with E-state index in [-0.39, 0.29) is 23.4 Å². The summed E-state index contributed by atoms with van der Waals surface area (Å²) in [5, 5.41) is 5.49. The standard InChI is InChI=1S/C31H24FN3O3S.C4H11NO/c1-19-7-9-20(10-8-19)27-18-24-28(39-27)26(13-16-33-24)38-25-12-11-22(17-23(25)32)35-30(37)31(14-15-31)29(36)34-21-5-3-2-4-6-21;1-4(5)3-6-2/h2-13,16-18H,14-15H2,1H3,(H,34,36)(H,35,37);4H,3,5H2,1-2H3/t;4-/m.0/s1. The summed E-state index contributed by atoms with van der Waals surface area (Å²) in [5.74, 6) is -0.940. The molecule has 5 aromatic rings. The van der Waals surface area contributed by atoms with E-state index in [4.69, 9.17) is 10.5 Å². The first kappa shape index (κ1) is 31.8. The van der Waals surface area contributed by atoms with Gasteiger partial charge in [-0.3, -0.25) is 14.6 Å². The number of fused-ring (bicyclic) bond motifs is 1. The zero-order chi connectivity index (χ0) is 32.0. The highest BCUT2D eigenvalue weighted by Gasteiger charge is 2.56. The number of pyridine rings is 1. The molecule has 1 saturated carbocycles. The van der Waals surface area contributed by atoms with E-state index in [0.717, 1.165) is 20.7 Å². The van der Waals surface area contributed by atoms with Crippen LogP contribution in [0.15, 0.2) is 91.1 Å². The number of aromatic nitrogens is 1. The lowest BCUT2D eigenvalue weighted by atomic mass is 10.0. The summed E-state index contributed by atoms with van der Waals surface area (Å²) in [6.07, 6.45) is 2.50. The van der Waals surface area contributed by atoms with E-state index in [1.165, 1.54) is 29.0 Å². The number of nitrogens with two attached hydrogens (primary N) is 1. The van der Waals surface area contributed by atoms with Crippen molar-refractivity contribution in [1.82, 2.24) is 4.98 Å². The van der Waals surface area contributed by atoms with Crippen LogP contribution in [0.25, 0.3) is 20.7 Å². The lowest BCUT2D eigenvalue weighted by molar-refractivity contribution is -0.131.